The van der Waals surface area contributed by atoms with Crippen LogP contribution in [-0.2, 0) is 4.79 Å². The van der Waals surface area contributed by atoms with Crippen LogP contribution in [0.1, 0.15) is 25.5 Å². The first-order valence-corrected chi connectivity index (χ1v) is 6.25. The molecule has 2 N–H and O–H groups in total. The van der Waals surface area contributed by atoms with E-state index in [0.29, 0.717) is 17.3 Å². The minimum absolute atomic E-state index is 0.0123. The Bertz CT molecular complexity index is 421. The molecule has 0 fully saturated rings. The number of amides is 1. The van der Waals surface area contributed by atoms with Gasteiger partial charge in [0.25, 0.3) is 5.91 Å². The average molecular weight is 271 g/mol. The lowest BCUT2D eigenvalue weighted by Gasteiger charge is -2.15. The molecule has 0 saturated heterocycles. The molecule has 1 aromatic rings. The third-order valence-electron chi connectivity index (χ3n) is 2.73. The highest BCUT2D eigenvalue weighted by Gasteiger charge is 2.10. The molecule has 1 rings (SSSR count). The van der Waals surface area contributed by atoms with Crippen molar-refractivity contribution in [3.8, 4) is 5.75 Å². The molecular weight excluding hydrogens is 252 g/mol. The van der Waals surface area contributed by atoms with E-state index in [0.717, 1.165) is 5.56 Å². The molecule has 1 amide bonds. The molecule has 0 bridgehead atoms. The molecule has 1 aromatic carbocycles. The Kier molecular flexibility index (Phi) is 5.44. The number of hydrogen-bond acceptors (Lipinski definition) is 3. The van der Waals surface area contributed by atoms with Gasteiger partial charge in [-0.2, -0.15) is 0 Å². The number of rotatable bonds is 5. The number of nitrogens with two attached hydrogens (primary N) is 1. The molecule has 5 heteroatoms. The second-order valence-electron chi connectivity index (χ2n) is 4.18. The van der Waals surface area contributed by atoms with Gasteiger partial charge < -0.3 is 15.4 Å². The van der Waals surface area contributed by atoms with Crippen molar-refractivity contribution in [2.45, 2.75) is 19.9 Å². The SMILES string of the molecule is CCN(C)C(=O)COc1ccc(C(C)N)cc1Cl. The minimum atomic E-state index is -0.0793. The maximum atomic E-state index is 11.6. The van der Waals surface area contributed by atoms with Crippen molar-refractivity contribution in [2.24, 2.45) is 5.73 Å². The molecule has 0 aliphatic heterocycles. The summed E-state index contributed by atoms with van der Waals surface area (Å²) in [6.07, 6.45) is 0. The summed E-state index contributed by atoms with van der Waals surface area (Å²) in [7, 11) is 1.73. The Labute approximate surface area is 113 Å². The van der Waals surface area contributed by atoms with Crippen LogP contribution in [0, 0.1) is 0 Å². The van der Waals surface area contributed by atoms with Crippen LogP contribution in [0.2, 0.25) is 5.02 Å². The first-order valence-electron chi connectivity index (χ1n) is 5.87. The second kappa shape index (κ2) is 6.61. The number of nitrogens with zero attached hydrogens (tertiary/aromatic N) is 1. The van der Waals surface area contributed by atoms with Gasteiger partial charge in [0.2, 0.25) is 0 Å². The fourth-order valence-electron chi connectivity index (χ4n) is 1.34. The summed E-state index contributed by atoms with van der Waals surface area (Å²) in [5.74, 6) is 0.420. The summed E-state index contributed by atoms with van der Waals surface area (Å²) in [5, 5.41) is 0.469. The van der Waals surface area contributed by atoms with Gasteiger partial charge in [0.15, 0.2) is 6.61 Å². The molecule has 0 aliphatic rings. The zero-order valence-electron chi connectivity index (χ0n) is 10.9. The van der Waals surface area contributed by atoms with Crippen LogP contribution in [-0.4, -0.2) is 31.0 Å². The van der Waals surface area contributed by atoms with E-state index in [1.807, 2.05) is 19.9 Å². The molecule has 1 unspecified atom stereocenters. The first-order chi connectivity index (χ1) is 8.45. The monoisotopic (exact) mass is 270 g/mol. The van der Waals surface area contributed by atoms with Gasteiger partial charge in [-0.3, -0.25) is 4.79 Å². The third-order valence-corrected chi connectivity index (χ3v) is 3.03. The van der Waals surface area contributed by atoms with E-state index in [9.17, 15) is 4.79 Å². The van der Waals surface area contributed by atoms with Crippen molar-refractivity contribution in [2.75, 3.05) is 20.2 Å². The first kappa shape index (κ1) is 14.8. The predicted molar refractivity (Wildman–Crippen MR) is 72.9 cm³/mol. The molecule has 1 atom stereocenters. The van der Waals surface area contributed by atoms with Crippen LogP contribution in [0.4, 0.5) is 0 Å². The Morgan fingerprint density at radius 2 is 2.22 bits per heavy atom. The van der Waals surface area contributed by atoms with Crippen molar-refractivity contribution >= 4 is 17.5 Å². The molecule has 18 heavy (non-hydrogen) atoms. The van der Waals surface area contributed by atoms with Crippen molar-refractivity contribution in [3.05, 3.63) is 28.8 Å². The zero-order valence-corrected chi connectivity index (χ0v) is 11.7. The van der Waals surface area contributed by atoms with Gasteiger partial charge in [-0.05, 0) is 31.5 Å². The van der Waals surface area contributed by atoms with Gasteiger partial charge in [0, 0.05) is 19.6 Å². The number of halogens is 1. The van der Waals surface area contributed by atoms with E-state index in [2.05, 4.69) is 0 Å². The smallest absolute Gasteiger partial charge is 0.260 e. The maximum Gasteiger partial charge on any atom is 0.260 e. The molecule has 0 aliphatic carbocycles. The van der Waals surface area contributed by atoms with Crippen molar-refractivity contribution in [1.29, 1.82) is 0 Å². The standard InChI is InChI=1S/C13H19ClN2O2/c1-4-16(3)13(17)8-18-12-6-5-10(9(2)15)7-11(12)14/h5-7,9H,4,8,15H2,1-3H3. The van der Waals surface area contributed by atoms with Crippen LogP contribution in [0.15, 0.2) is 18.2 Å². The lowest BCUT2D eigenvalue weighted by molar-refractivity contribution is -0.131. The number of hydrogen-bond donors (Lipinski definition) is 1. The number of ether oxygens (including phenoxy) is 1. The average Bonchev–Trinajstić information content (AvgIpc) is 2.35. The van der Waals surface area contributed by atoms with Crippen molar-refractivity contribution < 1.29 is 9.53 Å². The topological polar surface area (TPSA) is 55.6 Å². The number of carbonyl (C=O) groups excluding carboxylic acids is 1. The fourth-order valence-corrected chi connectivity index (χ4v) is 1.59. The lowest BCUT2D eigenvalue weighted by atomic mass is 10.1. The Balaban J connectivity index is 2.66. The van der Waals surface area contributed by atoms with Gasteiger partial charge in [0.1, 0.15) is 5.75 Å². The fraction of sp³-hybridized carbons (Fsp3) is 0.462. The minimum Gasteiger partial charge on any atom is -0.482 e. The third kappa shape index (κ3) is 3.89. The van der Waals surface area contributed by atoms with E-state index in [-0.39, 0.29) is 18.6 Å². The Hall–Kier alpha value is -1.26. The molecule has 4 nitrogen and oxygen atoms in total. The molecule has 0 radical (unpaired) electrons. The van der Waals surface area contributed by atoms with Crippen LogP contribution < -0.4 is 10.5 Å². The van der Waals surface area contributed by atoms with E-state index in [1.54, 1.807) is 24.1 Å². The lowest BCUT2D eigenvalue weighted by Crippen LogP contribution is -2.31. The summed E-state index contributed by atoms with van der Waals surface area (Å²) in [5.41, 5.74) is 6.69. The van der Waals surface area contributed by atoms with Crippen LogP contribution in [0.3, 0.4) is 0 Å². The molecule has 0 spiro atoms. The van der Waals surface area contributed by atoms with Crippen LogP contribution in [0.5, 0.6) is 5.75 Å². The van der Waals surface area contributed by atoms with Gasteiger partial charge in [-0.15, -0.1) is 0 Å². The summed E-state index contributed by atoms with van der Waals surface area (Å²) in [6, 6.07) is 5.26. The number of carbonyl (C=O) groups is 1. The second-order valence-corrected chi connectivity index (χ2v) is 4.58. The van der Waals surface area contributed by atoms with Gasteiger partial charge >= 0.3 is 0 Å². The quantitative estimate of drug-likeness (QED) is 0.893. The molecule has 0 saturated carbocycles. The van der Waals surface area contributed by atoms with Crippen LogP contribution in [0.25, 0.3) is 0 Å². The number of benzene rings is 1. The highest BCUT2D eigenvalue weighted by molar-refractivity contribution is 6.32. The maximum absolute atomic E-state index is 11.6. The van der Waals surface area contributed by atoms with E-state index in [4.69, 9.17) is 22.1 Å². The van der Waals surface area contributed by atoms with Gasteiger partial charge in [-0.1, -0.05) is 17.7 Å². The molecule has 0 heterocycles. The predicted octanol–water partition coefficient (Wildman–Crippen LogP) is 2.22. The summed E-state index contributed by atoms with van der Waals surface area (Å²) in [6.45, 7) is 4.43. The van der Waals surface area contributed by atoms with E-state index >= 15 is 0 Å². The van der Waals surface area contributed by atoms with Crippen molar-refractivity contribution in [3.63, 3.8) is 0 Å². The van der Waals surface area contributed by atoms with Gasteiger partial charge in [-0.25, -0.2) is 0 Å². The highest BCUT2D eigenvalue weighted by Crippen LogP contribution is 2.27. The molecular formula is C13H19ClN2O2. The summed E-state index contributed by atoms with van der Waals surface area (Å²) < 4.78 is 5.39. The molecule has 100 valence electrons. The Morgan fingerprint density at radius 3 is 2.72 bits per heavy atom. The number of likely N-dealkylation sites (N-methyl/N-ethyl adjacent to an activating group) is 1. The molecule has 0 aromatic heterocycles. The van der Waals surface area contributed by atoms with Crippen molar-refractivity contribution in [1.82, 2.24) is 4.90 Å². The van der Waals surface area contributed by atoms with Crippen LogP contribution >= 0.6 is 11.6 Å². The summed E-state index contributed by atoms with van der Waals surface area (Å²) in [4.78, 5) is 13.2. The highest BCUT2D eigenvalue weighted by atomic mass is 35.5. The van der Waals surface area contributed by atoms with E-state index in [1.165, 1.54) is 0 Å². The van der Waals surface area contributed by atoms with Gasteiger partial charge in [0.05, 0.1) is 5.02 Å². The summed E-state index contributed by atoms with van der Waals surface area (Å²) >= 11 is 6.06. The Morgan fingerprint density at radius 1 is 1.56 bits per heavy atom. The zero-order chi connectivity index (χ0) is 13.7. The largest absolute Gasteiger partial charge is 0.482 e. The van der Waals surface area contributed by atoms with E-state index < -0.39 is 0 Å². The normalized spacial score (nSPS) is 12.1.